The molecule has 0 fully saturated rings. The molecule has 0 aliphatic heterocycles. The van der Waals surface area contributed by atoms with Crippen LogP contribution in [0.25, 0.3) is 0 Å². The van der Waals surface area contributed by atoms with Crippen LogP contribution in [0.4, 0.5) is 5.69 Å². The predicted molar refractivity (Wildman–Crippen MR) is 68.7 cm³/mol. The van der Waals surface area contributed by atoms with Crippen LogP contribution in [0.3, 0.4) is 0 Å². The molecule has 0 radical (unpaired) electrons. The zero-order chi connectivity index (χ0) is 10.7. The Balaban J connectivity index is 3.10. The Morgan fingerprint density at radius 2 is 2.07 bits per heavy atom. The highest BCUT2D eigenvalue weighted by atomic mass is 79.9. The van der Waals surface area contributed by atoms with Gasteiger partial charge in [-0.05, 0) is 29.7 Å². The smallest absolute Gasteiger partial charge is 0.0771 e. The minimum Gasteiger partial charge on any atom is -0.398 e. The molecule has 0 aliphatic rings. The summed E-state index contributed by atoms with van der Waals surface area (Å²) >= 11 is 8.27. The summed E-state index contributed by atoms with van der Waals surface area (Å²) in [6.07, 6.45) is 0.640. The molecular formula is C10H13BrN2S. The number of nitrogen functional groups attached to an aromatic ring is 1. The van der Waals surface area contributed by atoms with Crippen LogP contribution in [0.15, 0.2) is 12.1 Å². The average molecular weight is 273 g/mol. The summed E-state index contributed by atoms with van der Waals surface area (Å²) in [4.78, 5) is 0.512. The van der Waals surface area contributed by atoms with Crippen LogP contribution >= 0.6 is 28.1 Å². The van der Waals surface area contributed by atoms with E-state index in [4.69, 9.17) is 23.7 Å². The van der Waals surface area contributed by atoms with Gasteiger partial charge in [0.15, 0.2) is 0 Å². The molecule has 0 heterocycles. The van der Waals surface area contributed by atoms with Gasteiger partial charge >= 0.3 is 0 Å². The van der Waals surface area contributed by atoms with Gasteiger partial charge in [-0.1, -0.05) is 34.2 Å². The van der Waals surface area contributed by atoms with Crippen molar-refractivity contribution in [3.63, 3.8) is 0 Å². The molecule has 14 heavy (non-hydrogen) atoms. The molecule has 0 aromatic heterocycles. The molecular weight excluding hydrogens is 260 g/mol. The van der Waals surface area contributed by atoms with Gasteiger partial charge < -0.3 is 11.5 Å². The Morgan fingerprint density at radius 1 is 1.43 bits per heavy atom. The normalized spacial score (nSPS) is 10.1. The lowest BCUT2D eigenvalue weighted by molar-refractivity contribution is 1.23. The maximum absolute atomic E-state index is 5.84. The lowest BCUT2D eigenvalue weighted by Gasteiger charge is -2.09. The number of hydrogen-bond acceptors (Lipinski definition) is 2. The molecule has 0 aliphatic carbocycles. The second-order valence-electron chi connectivity index (χ2n) is 3.25. The number of alkyl halides is 1. The molecule has 0 bridgehead atoms. The summed E-state index contributed by atoms with van der Waals surface area (Å²) < 4.78 is 0. The Hall–Kier alpha value is -0.610. The maximum Gasteiger partial charge on any atom is 0.0771 e. The van der Waals surface area contributed by atoms with Crippen LogP contribution < -0.4 is 11.5 Å². The summed E-state index contributed by atoms with van der Waals surface area (Å²) in [7, 11) is 0. The molecule has 1 aromatic carbocycles. The first-order valence-electron chi connectivity index (χ1n) is 4.26. The number of halogens is 1. The molecule has 0 saturated heterocycles. The van der Waals surface area contributed by atoms with E-state index in [2.05, 4.69) is 22.0 Å². The van der Waals surface area contributed by atoms with E-state index in [9.17, 15) is 0 Å². The fourth-order valence-electron chi connectivity index (χ4n) is 1.32. The summed E-state index contributed by atoms with van der Waals surface area (Å²) in [5, 5.41) is 0.753. The third-order valence-corrected chi connectivity index (χ3v) is 2.85. The average Bonchev–Trinajstić information content (AvgIpc) is 2.09. The summed E-state index contributed by atoms with van der Waals surface area (Å²) in [5.74, 6) is 0. The summed E-state index contributed by atoms with van der Waals surface area (Å²) in [5.41, 5.74) is 15.5. The summed E-state index contributed by atoms with van der Waals surface area (Å²) in [6.45, 7) is 2.02. The zero-order valence-corrected chi connectivity index (χ0v) is 10.4. The standard InChI is InChI=1S/C10H13BrN2S/c1-6-2-9(12)8(5-11)3-7(6)4-10(13)14/h2-3H,4-5,12H2,1H3,(H2,13,14). The van der Waals surface area contributed by atoms with Crippen LogP contribution in [0.1, 0.15) is 16.7 Å². The molecule has 2 nitrogen and oxygen atoms in total. The molecule has 76 valence electrons. The Bertz CT molecular complexity index is 363. The van der Waals surface area contributed by atoms with Crippen molar-refractivity contribution in [2.75, 3.05) is 5.73 Å². The van der Waals surface area contributed by atoms with Crippen molar-refractivity contribution in [3.05, 3.63) is 28.8 Å². The van der Waals surface area contributed by atoms with Gasteiger partial charge in [-0.15, -0.1) is 0 Å². The van der Waals surface area contributed by atoms with Gasteiger partial charge in [0.05, 0.1) is 4.99 Å². The van der Waals surface area contributed by atoms with E-state index >= 15 is 0 Å². The quantitative estimate of drug-likeness (QED) is 0.505. The first-order chi connectivity index (χ1) is 6.54. The minimum absolute atomic E-state index is 0.512. The molecule has 0 atom stereocenters. The first kappa shape index (κ1) is 11.5. The topological polar surface area (TPSA) is 52.0 Å². The van der Waals surface area contributed by atoms with Crippen molar-refractivity contribution in [1.29, 1.82) is 0 Å². The van der Waals surface area contributed by atoms with Gasteiger partial charge in [-0.2, -0.15) is 0 Å². The molecule has 4 N–H and O–H groups in total. The second-order valence-corrected chi connectivity index (χ2v) is 4.34. The van der Waals surface area contributed by atoms with Gasteiger partial charge in [0, 0.05) is 17.4 Å². The number of anilines is 1. The lowest BCUT2D eigenvalue weighted by atomic mass is 10.0. The van der Waals surface area contributed by atoms with Crippen molar-refractivity contribution < 1.29 is 0 Å². The molecule has 0 spiro atoms. The van der Waals surface area contributed by atoms with Crippen molar-refractivity contribution in [2.24, 2.45) is 5.73 Å². The van der Waals surface area contributed by atoms with Crippen molar-refractivity contribution in [1.82, 2.24) is 0 Å². The summed E-state index contributed by atoms with van der Waals surface area (Å²) in [6, 6.07) is 4.02. The molecule has 1 rings (SSSR count). The Morgan fingerprint density at radius 3 is 2.57 bits per heavy atom. The van der Waals surface area contributed by atoms with E-state index in [0.717, 1.165) is 27.7 Å². The fraction of sp³-hybridized carbons (Fsp3) is 0.300. The maximum atomic E-state index is 5.84. The molecule has 0 saturated carbocycles. The second kappa shape index (κ2) is 4.75. The monoisotopic (exact) mass is 272 g/mol. The molecule has 4 heteroatoms. The van der Waals surface area contributed by atoms with E-state index in [0.29, 0.717) is 11.4 Å². The third-order valence-electron chi connectivity index (χ3n) is 2.11. The highest BCUT2D eigenvalue weighted by molar-refractivity contribution is 9.08. The van der Waals surface area contributed by atoms with Gasteiger partial charge in [0.1, 0.15) is 0 Å². The number of aryl methyl sites for hydroxylation is 1. The SMILES string of the molecule is Cc1cc(N)c(CBr)cc1CC(N)=S. The van der Waals surface area contributed by atoms with Crippen molar-refractivity contribution in [3.8, 4) is 0 Å². The Labute approximate surface area is 97.8 Å². The van der Waals surface area contributed by atoms with Gasteiger partial charge in [-0.25, -0.2) is 0 Å². The van der Waals surface area contributed by atoms with Crippen molar-refractivity contribution >= 4 is 38.8 Å². The van der Waals surface area contributed by atoms with Crippen LogP contribution in [-0.4, -0.2) is 4.99 Å². The molecule has 1 aromatic rings. The highest BCUT2D eigenvalue weighted by Crippen LogP contribution is 2.21. The Kier molecular flexibility index (Phi) is 3.89. The van der Waals surface area contributed by atoms with Crippen LogP contribution in [-0.2, 0) is 11.8 Å². The third kappa shape index (κ3) is 2.69. The van der Waals surface area contributed by atoms with Gasteiger partial charge in [0.2, 0.25) is 0 Å². The fourth-order valence-corrected chi connectivity index (χ4v) is 1.96. The van der Waals surface area contributed by atoms with Crippen LogP contribution in [0, 0.1) is 6.92 Å². The number of nitrogens with two attached hydrogens (primary N) is 2. The van der Waals surface area contributed by atoms with E-state index in [1.165, 1.54) is 0 Å². The minimum atomic E-state index is 0.512. The van der Waals surface area contributed by atoms with Gasteiger partial charge in [-0.3, -0.25) is 0 Å². The first-order valence-corrected chi connectivity index (χ1v) is 5.79. The van der Waals surface area contributed by atoms with E-state index in [-0.39, 0.29) is 0 Å². The highest BCUT2D eigenvalue weighted by Gasteiger charge is 2.05. The van der Waals surface area contributed by atoms with Crippen LogP contribution in [0.5, 0.6) is 0 Å². The zero-order valence-electron chi connectivity index (χ0n) is 8.01. The predicted octanol–water partition coefficient (Wildman–Crippen LogP) is 2.30. The number of rotatable bonds is 3. The molecule has 0 amide bonds. The lowest BCUT2D eigenvalue weighted by Crippen LogP contribution is -2.12. The van der Waals surface area contributed by atoms with E-state index < -0.39 is 0 Å². The largest absolute Gasteiger partial charge is 0.398 e. The number of benzene rings is 1. The van der Waals surface area contributed by atoms with Gasteiger partial charge in [0.25, 0.3) is 0 Å². The van der Waals surface area contributed by atoms with E-state index in [1.807, 2.05) is 13.0 Å². The van der Waals surface area contributed by atoms with E-state index in [1.54, 1.807) is 0 Å². The molecule has 0 unspecified atom stereocenters. The van der Waals surface area contributed by atoms with Crippen molar-refractivity contribution in [2.45, 2.75) is 18.7 Å². The number of hydrogen-bond donors (Lipinski definition) is 2. The number of thiocarbonyl (C=S) groups is 1. The van der Waals surface area contributed by atoms with Crippen LogP contribution in [0.2, 0.25) is 0 Å².